The van der Waals surface area contributed by atoms with Gasteiger partial charge in [0.1, 0.15) is 12.2 Å². The van der Waals surface area contributed by atoms with Gasteiger partial charge in [0.05, 0.1) is 13.2 Å². The van der Waals surface area contributed by atoms with Crippen molar-refractivity contribution >= 4 is 18.0 Å². The number of benzene rings is 3. The summed E-state index contributed by atoms with van der Waals surface area (Å²) in [6.07, 6.45) is -2.93. The maximum Gasteiger partial charge on any atom is 0.431 e. The summed E-state index contributed by atoms with van der Waals surface area (Å²) >= 11 is 0. The number of carbonyl (C=O) groups excluding carboxylic acids is 3. The van der Waals surface area contributed by atoms with Crippen molar-refractivity contribution in [2.24, 2.45) is 5.92 Å². The molecule has 1 aliphatic carbocycles. The first kappa shape index (κ1) is 33.6. The van der Waals surface area contributed by atoms with E-state index in [-0.39, 0.29) is 31.7 Å². The van der Waals surface area contributed by atoms with Crippen molar-refractivity contribution in [3.05, 3.63) is 95.6 Å². The summed E-state index contributed by atoms with van der Waals surface area (Å²) in [6, 6.07) is 25.4. The first-order valence-electron chi connectivity index (χ1n) is 15.1. The Kier molecular flexibility index (Phi) is 11.7. The predicted octanol–water partition coefficient (Wildman–Crippen LogP) is 5.85. The third kappa shape index (κ3) is 9.87. The van der Waals surface area contributed by atoms with Crippen molar-refractivity contribution in [2.75, 3.05) is 13.2 Å². The quantitative estimate of drug-likeness (QED) is 0.171. The number of amides is 2. The molecule has 2 amide bonds. The Balaban J connectivity index is 1.36. The Bertz CT molecular complexity index is 1390. The summed E-state index contributed by atoms with van der Waals surface area (Å²) in [5.41, 5.74) is 9.00. The van der Waals surface area contributed by atoms with Crippen LogP contribution in [-0.4, -0.2) is 49.0 Å². The van der Waals surface area contributed by atoms with E-state index in [9.17, 15) is 14.4 Å². The van der Waals surface area contributed by atoms with Gasteiger partial charge in [-0.25, -0.2) is 15.1 Å². The van der Waals surface area contributed by atoms with Gasteiger partial charge in [-0.15, -0.1) is 0 Å². The highest BCUT2D eigenvalue weighted by Gasteiger charge is 2.31. The standard InChI is InChI=1S/C35H42N2O8/c1-23(2)19-30(33(39)43-35(3,4)5)44-36-32(38)31(22-41-20-24-13-7-6-8-14-24)45-37-34(40)42-21-29-27-17-11-9-15-25(27)26-16-10-12-18-28(26)29/h6-18,23,29-31H,19-22H2,1-5H3,(H,36,38)(H,37,40)/t30-,31+/m0/s1. The summed E-state index contributed by atoms with van der Waals surface area (Å²) in [4.78, 5) is 49.6. The molecule has 0 fully saturated rings. The van der Waals surface area contributed by atoms with Crippen LogP contribution in [0, 0.1) is 5.92 Å². The number of hydrogen-bond donors (Lipinski definition) is 2. The van der Waals surface area contributed by atoms with Crippen LogP contribution in [0.15, 0.2) is 78.9 Å². The van der Waals surface area contributed by atoms with Gasteiger partial charge in [0, 0.05) is 5.92 Å². The highest BCUT2D eigenvalue weighted by atomic mass is 16.7. The van der Waals surface area contributed by atoms with Gasteiger partial charge in [-0.2, -0.15) is 5.48 Å². The first-order valence-corrected chi connectivity index (χ1v) is 15.1. The van der Waals surface area contributed by atoms with E-state index < -0.39 is 35.8 Å². The van der Waals surface area contributed by atoms with Crippen molar-refractivity contribution in [1.29, 1.82) is 0 Å². The first-order chi connectivity index (χ1) is 21.5. The number of hydroxylamine groups is 2. The number of fused-ring (bicyclic) bond motifs is 3. The van der Waals surface area contributed by atoms with Crippen molar-refractivity contribution in [1.82, 2.24) is 11.0 Å². The number of rotatable bonds is 14. The zero-order valence-electron chi connectivity index (χ0n) is 26.4. The van der Waals surface area contributed by atoms with Crippen LogP contribution >= 0.6 is 0 Å². The lowest BCUT2D eigenvalue weighted by molar-refractivity contribution is -0.181. The molecule has 0 heterocycles. The molecule has 1 aliphatic rings. The summed E-state index contributed by atoms with van der Waals surface area (Å²) in [5, 5.41) is 0. The second-order valence-electron chi connectivity index (χ2n) is 12.3. The lowest BCUT2D eigenvalue weighted by Crippen LogP contribution is -2.46. The molecular formula is C35H42N2O8. The minimum atomic E-state index is -1.33. The maximum absolute atomic E-state index is 13.2. The van der Waals surface area contributed by atoms with Crippen molar-refractivity contribution in [3.8, 4) is 11.1 Å². The lowest BCUT2D eigenvalue weighted by Gasteiger charge is -2.25. The van der Waals surface area contributed by atoms with E-state index in [1.54, 1.807) is 20.8 Å². The fraction of sp³-hybridized carbons (Fsp3) is 0.400. The molecule has 0 aromatic heterocycles. The van der Waals surface area contributed by atoms with E-state index in [4.69, 9.17) is 23.9 Å². The van der Waals surface area contributed by atoms with Gasteiger partial charge in [-0.3, -0.25) is 14.5 Å². The Hall–Kier alpha value is -4.25. The highest BCUT2D eigenvalue weighted by molar-refractivity contribution is 5.81. The number of carbonyl (C=O) groups is 3. The van der Waals surface area contributed by atoms with Crippen LogP contribution in [0.4, 0.5) is 4.79 Å². The molecule has 0 saturated heterocycles. The van der Waals surface area contributed by atoms with Crippen LogP contribution in [0.5, 0.6) is 0 Å². The zero-order chi connectivity index (χ0) is 32.4. The molecule has 10 heteroatoms. The van der Waals surface area contributed by atoms with Crippen LogP contribution in [0.25, 0.3) is 11.1 Å². The molecule has 0 aliphatic heterocycles. The molecule has 4 rings (SSSR count). The number of ether oxygens (including phenoxy) is 3. The van der Waals surface area contributed by atoms with Crippen LogP contribution in [0.2, 0.25) is 0 Å². The summed E-state index contributed by atoms with van der Waals surface area (Å²) in [6.45, 7) is 9.13. The van der Waals surface area contributed by atoms with E-state index >= 15 is 0 Å². The number of esters is 1. The van der Waals surface area contributed by atoms with Crippen LogP contribution in [-0.2, 0) is 40.1 Å². The van der Waals surface area contributed by atoms with E-state index in [1.165, 1.54) is 0 Å². The smallest absolute Gasteiger partial charge is 0.431 e. The fourth-order valence-electron chi connectivity index (χ4n) is 4.95. The topological polar surface area (TPSA) is 121 Å². The minimum Gasteiger partial charge on any atom is -0.458 e. The molecule has 0 unspecified atom stereocenters. The van der Waals surface area contributed by atoms with Gasteiger partial charge in [-0.1, -0.05) is 92.7 Å². The Morgan fingerprint density at radius 1 is 0.778 bits per heavy atom. The third-order valence-corrected chi connectivity index (χ3v) is 6.96. The van der Waals surface area contributed by atoms with E-state index in [2.05, 4.69) is 11.0 Å². The van der Waals surface area contributed by atoms with Gasteiger partial charge in [0.15, 0.2) is 12.2 Å². The Morgan fingerprint density at radius 2 is 1.36 bits per heavy atom. The Labute approximate surface area is 264 Å². The third-order valence-electron chi connectivity index (χ3n) is 6.96. The minimum absolute atomic E-state index is 0.0699. The van der Waals surface area contributed by atoms with Gasteiger partial charge in [0.25, 0.3) is 5.91 Å². The number of hydrogen-bond acceptors (Lipinski definition) is 8. The van der Waals surface area contributed by atoms with Gasteiger partial charge in [0.2, 0.25) is 0 Å². The average molecular weight is 619 g/mol. The molecule has 45 heavy (non-hydrogen) atoms. The van der Waals surface area contributed by atoms with Crippen molar-refractivity contribution in [2.45, 2.75) is 71.4 Å². The van der Waals surface area contributed by atoms with E-state index in [1.807, 2.05) is 92.7 Å². The fourth-order valence-corrected chi connectivity index (χ4v) is 4.95. The van der Waals surface area contributed by atoms with Gasteiger partial charge >= 0.3 is 12.1 Å². The number of nitrogens with one attached hydrogen (secondary N) is 2. The summed E-state index contributed by atoms with van der Waals surface area (Å²) in [5.74, 6) is -1.43. The van der Waals surface area contributed by atoms with Crippen molar-refractivity contribution < 1.29 is 38.3 Å². The molecule has 3 aromatic carbocycles. The zero-order valence-corrected chi connectivity index (χ0v) is 26.4. The molecule has 2 atom stereocenters. The highest BCUT2D eigenvalue weighted by Crippen LogP contribution is 2.44. The molecular weight excluding hydrogens is 576 g/mol. The molecule has 240 valence electrons. The normalized spacial score (nSPS) is 13.8. The predicted molar refractivity (Wildman–Crippen MR) is 167 cm³/mol. The molecule has 0 saturated carbocycles. The maximum atomic E-state index is 13.2. The van der Waals surface area contributed by atoms with Crippen LogP contribution < -0.4 is 11.0 Å². The molecule has 2 N–H and O–H groups in total. The average Bonchev–Trinajstić information content (AvgIpc) is 3.32. The molecule has 0 radical (unpaired) electrons. The molecule has 3 aromatic rings. The van der Waals surface area contributed by atoms with E-state index in [0.29, 0.717) is 6.42 Å². The van der Waals surface area contributed by atoms with Crippen LogP contribution in [0.3, 0.4) is 0 Å². The second kappa shape index (κ2) is 15.7. The Morgan fingerprint density at radius 3 is 1.96 bits per heavy atom. The van der Waals surface area contributed by atoms with Crippen molar-refractivity contribution in [3.63, 3.8) is 0 Å². The monoisotopic (exact) mass is 618 g/mol. The van der Waals surface area contributed by atoms with Gasteiger partial charge in [-0.05, 0) is 60.9 Å². The molecule has 0 bridgehead atoms. The molecule has 10 nitrogen and oxygen atoms in total. The summed E-state index contributed by atoms with van der Waals surface area (Å²) < 4.78 is 16.7. The van der Waals surface area contributed by atoms with Gasteiger partial charge < -0.3 is 14.2 Å². The summed E-state index contributed by atoms with van der Waals surface area (Å²) in [7, 11) is 0. The molecule has 0 spiro atoms. The second-order valence-corrected chi connectivity index (χ2v) is 12.3. The van der Waals surface area contributed by atoms with E-state index in [0.717, 1.165) is 27.8 Å². The lowest BCUT2D eigenvalue weighted by atomic mass is 9.98. The van der Waals surface area contributed by atoms with Crippen LogP contribution in [0.1, 0.15) is 63.6 Å². The largest absolute Gasteiger partial charge is 0.458 e. The SMILES string of the molecule is CC(C)C[C@H](ONC(=O)[C@@H](COCc1ccccc1)ONC(=O)OCC1c2ccccc2-c2ccccc21)C(=O)OC(C)(C)C.